The average Bonchev–Trinajstić information content (AvgIpc) is 3.26. The summed E-state index contributed by atoms with van der Waals surface area (Å²) in [5, 5.41) is 10.5. The van der Waals surface area contributed by atoms with Gasteiger partial charge >= 0.3 is 0 Å². The molecule has 0 aliphatic carbocycles. The zero-order chi connectivity index (χ0) is 18.4. The molecule has 26 heavy (non-hydrogen) atoms. The predicted molar refractivity (Wildman–Crippen MR) is 99.3 cm³/mol. The predicted octanol–water partition coefficient (Wildman–Crippen LogP) is 3.64. The van der Waals surface area contributed by atoms with Crippen molar-refractivity contribution in [1.29, 1.82) is 0 Å². The molecule has 1 aliphatic heterocycles. The molecule has 1 unspecified atom stereocenters. The van der Waals surface area contributed by atoms with E-state index in [9.17, 15) is 9.90 Å². The SMILES string of the molecule is CCCCCC1=C(O)C(=O)N(CCCn2ccnc2)C1c1ccncc1. The van der Waals surface area contributed by atoms with Crippen LogP contribution in [-0.2, 0) is 11.3 Å². The second-order valence-electron chi connectivity index (χ2n) is 6.67. The summed E-state index contributed by atoms with van der Waals surface area (Å²) in [5.41, 5.74) is 1.85. The summed E-state index contributed by atoms with van der Waals surface area (Å²) in [6.45, 7) is 3.53. The van der Waals surface area contributed by atoms with Gasteiger partial charge in [0.25, 0.3) is 5.91 Å². The average molecular weight is 354 g/mol. The summed E-state index contributed by atoms with van der Waals surface area (Å²) in [5.74, 6) is -0.325. The molecule has 1 amide bonds. The summed E-state index contributed by atoms with van der Waals surface area (Å²) < 4.78 is 2.00. The van der Waals surface area contributed by atoms with E-state index in [4.69, 9.17) is 0 Å². The van der Waals surface area contributed by atoms with Crippen LogP contribution in [0.15, 0.2) is 54.6 Å². The molecule has 2 aromatic heterocycles. The lowest BCUT2D eigenvalue weighted by atomic mass is 9.95. The van der Waals surface area contributed by atoms with Crippen molar-refractivity contribution in [3.63, 3.8) is 0 Å². The number of imidazole rings is 1. The number of carbonyl (C=O) groups excluding carboxylic acids is 1. The molecule has 3 heterocycles. The van der Waals surface area contributed by atoms with Gasteiger partial charge in [-0.1, -0.05) is 19.8 Å². The van der Waals surface area contributed by atoms with Gasteiger partial charge in [-0.05, 0) is 37.0 Å². The maximum absolute atomic E-state index is 12.7. The zero-order valence-corrected chi connectivity index (χ0v) is 15.2. The number of hydrogen-bond acceptors (Lipinski definition) is 4. The minimum absolute atomic E-state index is 0.0643. The van der Waals surface area contributed by atoms with E-state index in [1.165, 1.54) is 0 Å². The van der Waals surface area contributed by atoms with Gasteiger partial charge in [-0.25, -0.2) is 4.98 Å². The lowest BCUT2D eigenvalue weighted by molar-refractivity contribution is -0.129. The Balaban J connectivity index is 1.77. The number of amides is 1. The fourth-order valence-electron chi connectivity index (χ4n) is 3.53. The Kier molecular flexibility index (Phi) is 6.04. The molecule has 3 rings (SSSR count). The Morgan fingerprint density at radius 1 is 1.08 bits per heavy atom. The Morgan fingerprint density at radius 3 is 2.58 bits per heavy atom. The number of carbonyl (C=O) groups is 1. The first-order valence-electron chi connectivity index (χ1n) is 9.31. The Bertz CT molecular complexity index is 740. The normalized spacial score (nSPS) is 17.3. The van der Waals surface area contributed by atoms with Gasteiger partial charge in [0.1, 0.15) is 0 Å². The van der Waals surface area contributed by atoms with Crippen molar-refractivity contribution in [1.82, 2.24) is 19.4 Å². The fraction of sp³-hybridized carbons (Fsp3) is 0.450. The summed E-state index contributed by atoms with van der Waals surface area (Å²) in [6, 6.07) is 3.67. The molecule has 0 fully saturated rings. The number of aliphatic hydroxyl groups excluding tert-OH is 1. The second kappa shape index (κ2) is 8.65. The van der Waals surface area contributed by atoms with Crippen LogP contribution in [0.5, 0.6) is 0 Å². The van der Waals surface area contributed by atoms with Gasteiger partial charge in [0.15, 0.2) is 5.76 Å². The van der Waals surface area contributed by atoms with Crippen LogP contribution in [0.2, 0.25) is 0 Å². The highest BCUT2D eigenvalue weighted by Crippen LogP contribution is 2.39. The van der Waals surface area contributed by atoms with E-state index in [2.05, 4.69) is 16.9 Å². The van der Waals surface area contributed by atoms with E-state index in [0.717, 1.165) is 49.8 Å². The summed E-state index contributed by atoms with van der Waals surface area (Å²) in [4.78, 5) is 22.6. The van der Waals surface area contributed by atoms with Gasteiger partial charge in [-0.15, -0.1) is 0 Å². The molecule has 2 aromatic rings. The first kappa shape index (κ1) is 18.2. The smallest absolute Gasteiger partial charge is 0.289 e. The van der Waals surface area contributed by atoms with E-state index in [1.54, 1.807) is 29.8 Å². The van der Waals surface area contributed by atoms with E-state index in [1.807, 2.05) is 22.9 Å². The molecule has 0 bridgehead atoms. The third-order valence-corrected chi connectivity index (χ3v) is 4.86. The molecule has 0 spiro atoms. The molecule has 6 nitrogen and oxygen atoms in total. The number of aliphatic hydroxyl groups is 1. The molecule has 0 saturated heterocycles. The largest absolute Gasteiger partial charge is 0.503 e. The van der Waals surface area contributed by atoms with Crippen molar-refractivity contribution in [2.45, 2.75) is 51.6 Å². The maximum Gasteiger partial charge on any atom is 0.289 e. The van der Waals surface area contributed by atoms with Gasteiger partial charge in [-0.2, -0.15) is 0 Å². The first-order valence-corrected chi connectivity index (χ1v) is 9.31. The zero-order valence-electron chi connectivity index (χ0n) is 15.2. The summed E-state index contributed by atoms with van der Waals surface area (Å²) in [7, 11) is 0. The number of aryl methyl sites for hydroxylation is 1. The Morgan fingerprint density at radius 2 is 1.88 bits per heavy atom. The van der Waals surface area contributed by atoms with Crippen molar-refractivity contribution in [3.8, 4) is 0 Å². The highest BCUT2D eigenvalue weighted by atomic mass is 16.3. The van der Waals surface area contributed by atoms with E-state index in [-0.39, 0.29) is 17.7 Å². The monoisotopic (exact) mass is 354 g/mol. The van der Waals surface area contributed by atoms with E-state index in [0.29, 0.717) is 6.54 Å². The van der Waals surface area contributed by atoms with Gasteiger partial charge < -0.3 is 14.6 Å². The lowest BCUT2D eigenvalue weighted by Crippen LogP contribution is -2.32. The summed E-state index contributed by atoms with van der Waals surface area (Å²) in [6.07, 6.45) is 13.6. The molecule has 0 radical (unpaired) electrons. The lowest BCUT2D eigenvalue weighted by Gasteiger charge is -2.27. The molecule has 6 heteroatoms. The first-order chi connectivity index (χ1) is 12.7. The van der Waals surface area contributed by atoms with Crippen LogP contribution < -0.4 is 0 Å². The molecule has 0 aromatic carbocycles. The molecule has 0 saturated carbocycles. The van der Waals surface area contributed by atoms with Gasteiger partial charge in [0, 0.05) is 43.4 Å². The van der Waals surface area contributed by atoms with Crippen LogP contribution in [0, 0.1) is 0 Å². The van der Waals surface area contributed by atoms with Crippen LogP contribution in [0.4, 0.5) is 0 Å². The van der Waals surface area contributed by atoms with Crippen molar-refractivity contribution in [2.75, 3.05) is 6.54 Å². The van der Waals surface area contributed by atoms with Gasteiger partial charge in [0.05, 0.1) is 12.4 Å². The van der Waals surface area contributed by atoms with Crippen LogP contribution in [0.25, 0.3) is 0 Å². The van der Waals surface area contributed by atoms with Crippen LogP contribution in [0.1, 0.15) is 50.6 Å². The third-order valence-electron chi connectivity index (χ3n) is 4.86. The third kappa shape index (κ3) is 3.95. The standard InChI is InChI=1S/C20H26N4O2/c1-2-3-4-6-17-18(16-7-9-21-10-8-16)24(20(26)19(17)25)13-5-12-23-14-11-22-15-23/h7-11,14-15,18,25H,2-6,12-13H2,1H3. The van der Waals surface area contributed by atoms with Crippen LogP contribution in [-0.4, -0.2) is 37.0 Å². The van der Waals surface area contributed by atoms with Crippen molar-refractivity contribution in [3.05, 3.63) is 60.1 Å². The molecule has 1 N–H and O–H groups in total. The van der Waals surface area contributed by atoms with E-state index < -0.39 is 0 Å². The quantitative estimate of drug-likeness (QED) is 0.698. The molecular weight excluding hydrogens is 328 g/mol. The Labute approximate surface area is 154 Å². The van der Waals surface area contributed by atoms with Gasteiger partial charge in [0.2, 0.25) is 0 Å². The minimum Gasteiger partial charge on any atom is -0.503 e. The van der Waals surface area contributed by atoms with Crippen LogP contribution >= 0.6 is 0 Å². The molecular formula is C20H26N4O2. The van der Waals surface area contributed by atoms with Crippen molar-refractivity contribution >= 4 is 5.91 Å². The number of unbranched alkanes of at least 4 members (excludes halogenated alkanes) is 2. The van der Waals surface area contributed by atoms with E-state index >= 15 is 0 Å². The second-order valence-corrected chi connectivity index (χ2v) is 6.67. The molecule has 1 atom stereocenters. The highest BCUT2D eigenvalue weighted by molar-refractivity contribution is 5.95. The number of rotatable bonds is 9. The number of pyridine rings is 1. The topological polar surface area (TPSA) is 71.2 Å². The number of hydrogen-bond donors (Lipinski definition) is 1. The molecule has 1 aliphatic rings. The van der Waals surface area contributed by atoms with Gasteiger partial charge in [-0.3, -0.25) is 9.78 Å². The van der Waals surface area contributed by atoms with Crippen molar-refractivity contribution < 1.29 is 9.90 Å². The minimum atomic E-state index is -0.260. The highest BCUT2D eigenvalue weighted by Gasteiger charge is 2.39. The molecule has 138 valence electrons. The summed E-state index contributed by atoms with van der Waals surface area (Å²) >= 11 is 0. The number of aromatic nitrogens is 3. The number of nitrogens with zero attached hydrogens (tertiary/aromatic N) is 4. The van der Waals surface area contributed by atoms with Crippen molar-refractivity contribution in [2.24, 2.45) is 0 Å². The van der Waals surface area contributed by atoms with Crippen LogP contribution in [0.3, 0.4) is 0 Å². The maximum atomic E-state index is 12.7. The Hall–Kier alpha value is -2.63. The fourth-order valence-corrected chi connectivity index (χ4v) is 3.53.